The summed E-state index contributed by atoms with van der Waals surface area (Å²) >= 11 is 14.8. The van der Waals surface area contributed by atoms with E-state index < -0.39 is 99.8 Å². The number of ether oxygens (including phenoxy) is 6. The van der Waals surface area contributed by atoms with Crippen molar-refractivity contribution in [3.63, 3.8) is 0 Å². The molecule has 24 heteroatoms. The molecule has 0 heterocycles. The molecule has 4 atom stereocenters. The smallest absolute Gasteiger partial charge is 0.229 e. The van der Waals surface area contributed by atoms with Crippen LogP contribution in [0.1, 0.15) is 103 Å². The number of Topliss-reactive ketones (excluding diaryl/α,β-unsaturated/α-hetero) is 6. The molecule has 0 aromatic rings. The summed E-state index contributed by atoms with van der Waals surface area (Å²) in [4.78, 5) is 122. The highest BCUT2D eigenvalue weighted by Gasteiger charge is 2.40. The minimum Gasteiger partial charge on any atom is -0.493 e. The second-order valence-electron chi connectivity index (χ2n) is 14.1. The van der Waals surface area contributed by atoms with E-state index in [9.17, 15) is 47.9 Å². The van der Waals surface area contributed by atoms with Crippen molar-refractivity contribution in [2.75, 3.05) is 46.2 Å². The average Bonchev–Trinajstić information content (AvgIpc) is 3.25. The molecule has 0 bridgehead atoms. The summed E-state index contributed by atoms with van der Waals surface area (Å²) in [5.74, 6) is -3.75. The summed E-state index contributed by atoms with van der Waals surface area (Å²) in [5, 5.41) is 0. The molecule has 0 rings (SSSR count). The fourth-order valence-electron chi connectivity index (χ4n) is 5.45. The normalized spacial score (nSPS) is 12.8. The van der Waals surface area contributed by atoms with Gasteiger partial charge in [0.25, 0.3) is 0 Å². The van der Waals surface area contributed by atoms with Crippen LogP contribution in [0.25, 0.3) is 0 Å². The zero-order valence-electron chi connectivity index (χ0n) is 35.5. The molecule has 358 valence electrons. The van der Waals surface area contributed by atoms with E-state index in [-0.39, 0.29) is 125 Å². The Hall–Kier alpha value is -3.36. The molecule has 20 nitrogen and oxygen atoms in total. The summed E-state index contributed by atoms with van der Waals surface area (Å²) in [5.41, 5.74) is 0. The van der Waals surface area contributed by atoms with Crippen LogP contribution in [0.5, 0.6) is 0 Å². The molecular weight excluding hydrogens is 909 g/mol. The summed E-state index contributed by atoms with van der Waals surface area (Å²) < 4.78 is 44.3. The van der Waals surface area contributed by atoms with Gasteiger partial charge in [-0.15, -0.1) is 0 Å². The quantitative estimate of drug-likeness (QED) is 0.0320. The third-order valence-corrected chi connectivity index (χ3v) is 9.67. The Kier molecular flexibility index (Phi) is 35.9. The number of thiol groups is 4. The van der Waals surface area contributed by atoms with E-state index in [0.717, 1.165) is 6.26 Å². The van der Waals surface area contributed by atoms with Gasteiger partial charge in [0.05, 0.1) is 19.5 Å². The molecule has 4 unspecified atom stereocenters. The number of rotatable bonds is 42. The van der Waals surface area contributed by atoms with Crippen LogP contribution in [0.3, 0.4) is 0 Å². The zero-order valence-corrected chi connectivity index (χ0v) is 39.0. The van der Waals surface area contributed by atoms with Crippen LogP contribution in [0, 0.1) is 0 Å². The van der Waals surface area contributed by atoms with Gasteiger partial charge in [-0.2, -0.15) is 0 Å². The lowest BCUT2D eigenvalue weighted by molar-refractivity contribution is -0.186. The highest BCUT2D eigenvalue weighted by atomic mass is 32.1. The van der Waals surface area contributed by atoms with Crippen molar-refractivity contribution in [1.29, 1.82) is 0 Å². The van der Waals surface area contributed by atoms with Gasteiger partial charge >= 0.3 is 0 Å². The average molecular weight is 971 g/mol. The third-order valence-electron chi connectivity index (χ3n) is 8.67. The standard InChI is InChI=1S/C39H62N4O16S4/c1-3-56-38(32(57-22-30(48)13-7-17-36(52)42-62)24-54-19-27(45)11-5-15-34(50)40-60)39(59-23-31(49)14-8-18-37(53)43-63)33(58-21-29(47)10-4-9-26(2)44)25-55-20-28(46)12-6-16-35(51)41-61/h3,32-33,38-39,60-63H,1,4-25H2,2H3,(H,40,50)(H,41,51)(H,42,52)(H,43,53). The Morgan fingerprint density at radius 1 is 0.444 bits per heavy atom. The molecule has 0 saturated heterocycles. The molecule has 0 radical (unpaired) electrons. The van der Waals surface area contributed by atoms with E-state index >= 15 is 0 Å². The molecule has 0 aliphatic rings. The molecule has 0 aromatic heterocycles. The van der Waals surface area contributed by atoms with Crippen molar-refractivity contribution in [2.24, 2.45) is 0 Å². The van der Waals surface area contributed by atoms with E-state index in [2.05, 4.69) is 76.7 Å². The maximum atomic E-state index is 13.1. The molecule has 0 fully saturated rings. The Labute approximate surface area is 390 Å². The number of carbonyl (C=O) groups is 10. The van der Waals surface area contributed by atoms with Crippen LogP contribution in [-0.4, -0.2) is 129 Å². The second kappa shape index (κ2) is 38.0. The monoisotopic (exact) mass is 970 g/mol. The van der Waals surface area contributed by atoms with Gasteiger partial charge in [0.15, 0.2) is 35.0 Å². The van der Waals surface area contributed by atoms with Crippen molar-refractivity contribution in [1.82, 2.24) is 18.9 Å². The second-order valence-corrected chi connectivity index (χ2v) is 15.0. The van der Waals surface area contributed by atoms with E-state index in [4.69, 9.17) is 28.4 Å². The molecule has 0 aliphatic heterocycles. The first-order chi connectivity index (χ1) is 30.1. The summed E-state index contributed by atoms with van der Waals surface area (Å²) in [6, 6.07) is 0. The van der Waals surface area contributed by atoms with Crippen LogP contribution >= 0.6 is 51.3 Å². The first-order valence-corrected chi connectivity index (χ1v) is 22.0. The Balaban J connectivity index is 6.81. The topological polar surface area (TPSA) is 274 Å². The van der Waals surface area contributed by atoms with Crippen molar-refractivity contribution in [3.05, 3.63) is 12.8 Å². The van der Waals surface area contributed by atoms with Gasteiger partial charge < -0.3 is 52.1 Å². The van der Waals surface area contributed by atoms with Crippen LogP contribution in [-0.2, 0) is 76.4 Å². The van der Waals surface area contributed by atoms with Crippen molar-refractivity contribution >= 4 is 110 Å². The molecule has 0 aromatic carbocycles. The number of nitrogens with one attached hydrogen (secondary N) is 4. The van der Waals surface area contributed by atoms with Crippen LogP contribution < -0.4 is 18.9 Å². The lowest BCUT2D eigenvalue weighted by Gasteiger charge is -2.36. The van der Waals surface area contributed by atoms with E-state index in [0.29, 0.717) is 0 Å². The molecule has 4 amide bonds. The predicted molar refractivity (Wildman–Crippen MR) is 239 cm³/mol. The summed E-state index contributed by atoms with van der Waals surface area (Å²) in [7, 11) is 0. The van der Waals surface area contributed by atoms with Crippen molar-refractivity contribution in [3.8, 4) is 0 Å². The fourth-order valence-corrected chi connectivity index (χ4v) is 5.89. The fraction of sp³-hybridized carbons (Fsp3) is 0.692. The van der Waals surface area contributed by atoms with E-state index in [1.54, 1.807) is 0 Å². The highest BCUT2D eigenvalue weighted by Crippen LogP contribution is 2.21. The van der Waals surface area contributed by atoms with Gasteiger partial charge in [0.2, 0.25) is 23.6 Å². The lowest BCUT2D eigenvalue weighted by Crippen LogP contribution is -2.53. The van der Waals surface area contributed by atoms with Crippen LogP contribution in [0.4, 0.5) is 0 Å². The van der Waals surface area contributed by atoms with Crippen LogP contribution in [0.2, 0.25) is 0 Å². The number of hydrogen-bond donors (Lipinski definition) is 8. The first-order valence-electron chi connectivity index (χ1n) is 20.2. The lowest BCUT2D eigenvalue weighted by atomic mass is 10.0. The van der Waals surface area contributed by atoms with Crippen LogP contribution in [0.15, 0.2) is 12.8 Å². The Bertz CT molecular complexity index is 1490. The van der Waals surface area contributed by atoms with Gasteiger partial charge in [0, 0.05) is 64.2 Å². The number of hydrogen-bond acceptors (Lipinski definition) is 20. The molecule has 0 aliphatic carbocycles. The minimum absolute atomic E-state index is 0.00495. The molecule has 63 heavy (non-hydrogen) atoms. The van der Waals surface area contributed by atoms with Crippen molar-refractivity contribution in [2.45, 2.75) is 128 Å². The SMILES string of the molecule is C=COC(C(COCC(=O)CCCC(=O)NS)OCC(=O)CCCC(=O)NS)C(OCC(=O)CCCC(=O)NS)C(COCC(=O)CCCC(=O)NS)OCC(=O)CCCC(C)=O. The Morgan fingerprint density at radius 2 is 0.746 bits per heavy atom. The summed E-state index contributed by atoms with van der Waals surface area (Å²) in [6.45, 7) is 1.57. The van der Waals surface area contributed by atoms with Gasteiger partial charge in [0.1, 0.15) is 57.1 Å². The largest absolute Gasteiger partial charge is 0.493 e. The van der Waals surface area contributed by atoms with Gasteiger partial charge in [-0.25, -0.2) is 0 Å². The van der Waals surface area contributed by atoms with E-state index in [1.807, 2.05) is 0 Å². The molecular formula is C39H62N4O16S4. The third kappa shape index (κ3) is 32.0. The minimum atomic E-state index is -1.43. The summed E-state index contributed by atoms with van der Waals surface area (Å²) in [6.07, 6.45) is -3.46. The highest BCUT2D eigenvalue weighted by molar-refractivity contribution is 7.79. The molecule has 0 saturated carbocycles. The van der Waals surface area contributed by atoms with Gasteiger partial charge in [-0.05, 0) is 39.0 Å². The van der Waals surface area contributed by atoms with Gasteiger partial charge in [-0.1, -0.05) is 57.8 Å². The zero-order chi connectivity index (χ0) is 47.4. The number of ketones is 6. The van der Waals surface area contributed by atoms with Gasteiger partial charge in [-0.3, -0.25) is 43.2 Å². The molecule has 0 spiro atoms. The maximum Gasteiger partial charge on any atom is 0.229 e. The number of carbonyl (C=O) groups excluding carboxylic acids is 10. The number of amides is 4. The van der Waals surface area contributed by atoms with Crippen molar-refractivity contribution < 1.29 is 76.4 Å². The Morgan fingerprint density at radius 3 is 1.06 bits per heavy atom. The molecule has 4 N–H and O–H groups in total. The first kappa shape index (κ1) is 59.6. The van der Waals surface area contributed by atoms with E-state index in [1.165, 1.54) is 6.92 Å². The predicted octanol–water partition coefficient (Wildman–Crippen LogP) is 1.83. The maximum absolute atomic E-state index is 13.1.